The maximum absolute atomic E-state index is 13.2. The Hall–Kier alpha value is -4.53. The van der Waals surface area contributed by atoms with Gasteiger partial charge in [0.05, 0.1) is 6.04 Å². The number of rotatable bonds is 18. The van der Waals surface area contributed by atoms with Crippen LogP contribution in [0.4, 0.5) is 0 Å². The van der Waals surface area contributed by atoms with Crippen molar-refractivity contribution in [2.24, 2.45) is 11.5 Å². The first-order valence-electron chi connectivity index (χ1n) is 12.0. The van der Waals surface area contributed by atoms with Gasteiger partial charge in [-0.05, 0) is 24.8 Å². The number of hydrogen-bond donors (Lipinski definition) is 8. The second kappa shape index (κ2) is 16.3. The van der Waals surface area contributed by atoms with Crippen molar-refractivity contribution in [1.29, 1.82) is 0 Å². The van der Waals surface area contributed by atoms with Gasteiger partial charge in [0.2, 0.25) is 23.6 Å². The van der Waals surface area contributed by atoms with Crippen LogP contribution in [0.3, 0.4) is 0 Å². The summed E-state index contributed by atoms with van der Waals surface area (Å²) in [6.45, 7) is 0. The van der Waals surface area contributed by atoms with Crippen molar-refractivity contribution in [3.05, 3.63) is 35.9 Å². The second-order valence-electron chi connectivity index (χ2n) is 8.69. The largest absolute Gasteiger partial charge is 0.481 e. The van der Waals surface area contributed by atoms with Crippen LogP contribution in [0.25, 0.3) is 0 Å². The number of carboxylic acids is 3. The van der Waals surface area contributed by atoms with Crippen LogP contribution < -0.4 is 27.4 Å². The predicted molar refractivity (Wildman–Crippen MR) is 134 cm³/mol. The smallest absolute Gasteiger partial charge is 0.326 e. The van der Waals surface area contributed by atoms with E-state index in [9.17, 15) is 38.7 Å². The number of aliphatic carboxylic acids is 3. The number of carbonyl (C=O) groups excluding carboxylic acids is 4. The zero-order valence-corrected chi connectivity index (χ0v) is 21.0. The molecule has 0 aromatic heterocycles. The lowest BCUT2D eigenvalue weighted by molar-refractivity contribution is -0.144. The normalized spacial score (nSPS) is 13.7. The molecule has 4 amide bonds. The molecule has 0 aliphatic rings. The summed E-state index contributed by atoms with van der Waals surface area (Å²) in [7, 11) is 0. The van der Waals surface area contributed by atoms with Crippen molar-refractivity contribution in [1.82, 2.24) is 16.0 Å². The molecule has 0 aliphatic heterocycles. The van der Waals surface area contributed by atoms with Crippen LogP contribution in [-0.4, -0.2) is 81.0 Å². The van der Waals surface area contributed by atoms with Crippen molar-refractivity contribution in [2.75, 3.05) is 0 Å². The van der Waals surface area contributed by atoms with E-state index in [4.69, 9.17) is 21.7 Å². The SMILES string of the molecule is NC(=O)CCC(N)C(=O)NC(Cc1ccccc1)C(=O)NC(CCC(=O)O)C(=O)NC(CCC(=O)O)C(=O)O. The zero-order valence-electron chi connectivity index (χ0n) is 21.0. The van der Waals surface area contributed by atoms with Crippen LogP contribution in [-0.2, 0) is 40.0 Å². The van der Waals surface area contributed by atoms with Gasteiger partial charge in [0.1, 0.15) is 18.1 Å². The fraction of sp³-hybridized carbons (Fsp3) is 0.458. The Labute approximate surface area is 223 Å². The van der Waals surface area contributed by atoms with Gasteiger partial charge in [-0.2, -0.15) is 0 Å². The highest BCUT2D eigenvalue weighted by Gasteiger charge is 2.31. The average Bonchev–Trinajstić information content (AvgIpc) is 2.86. The minimum absolute atomic E-state index is 0.0510. The van der Waals surface area contributed by atoms with Crippen LogP contribution in [0.1, 0.15) is 44.1 Å². The Morgan fingerprint density at radius 2 is 1.15 bits per heavy atom. The molecule has 0 saturated carbocycles. The summed E-state index contributed by atoms with van der Waals surface area (Å²) in [5, 5.41) is 34.1. The Morgan fingerprint density at radius 3 is 1.67 bits per heavy atom. The first-order chi connectivity index (χ1) is 18.3. The fourth-order valence-corrected chi connectivity index (χ4v) is 3.37. The number of carboxylic acid groups (broad SMARTS) is 3. The van der Waals surface area contributed by atoms with Gasteiger partial charge in [-0.15, -0.1) is 0 Å². The standard InChI is InChI=1S/C24H33N5O10/c25-14(6-9-18(26)30)21(35)29-17(12-13-4-2-1-3-5-13)23(37)27-15(7-10-19(31)32)22(36)28-16(24(38)39)8-11-20(33)34/h1-5,14-17H,6-12,25H2,(H2,26,30)(H,27,37)(H,28,36)(H,29,35)(H,31,32)(H,33,34)(H,38,39). The number of hydrogen-bond acceptors (Lipinski definition) is 8. The third-order valence-corrected chi connectivity index (χ3v) is 5.50. The molecule has 15 nitrogen and oxygen atoms in total. The Bertz CT molecular complexity index is 1050. The van der Waals surface area contributed by atoms with Crippen molar-refractivity contribution < 1.29 is 48.9 Å². The van der Waals surface area contributed by atoms with Crippen LogP contribution in [0.5, 0.6) is 0 Å². The van der Waals surface area contributed by atoms with E-state index in [1.54, 1.807) is 30.3 Å². The molecular formula is C24H33N5O10. The van der Waals surface area contributed by atoms with Crippen molar-refractivity contribution >= 4 is 41.5 Å². The molecule has 0 heterocycles. The van der Waals surface area contributed by atoms with E-state index in [2.05, 4.69) is 16.0 Å². The molecule has 0 spiro atoms. The van der Waals surface area contributed by atoms with Crippen LogP contribution in [0, 0.1) is 0 Å². The van der Waals surface area contributed by atoms with Crippen molar-refractivity contribution in [2.45, 2.75) is 69.1 Å². The third kappa shape index (κ3) is 13.0. The van der Waals surface area contributed by atoms with Crippen molar-refractivity contribution in [3.63, 3.8) is 0 Å². The summed E-state index contributed by atoms with van der Waals surface area (Å²) >= 11 is 0. The number of nitrogens with one attached hydrogen (secondary N) is 3. The Balaban J connectivity index is 3.12. The molecule has 1 aromatic carbocycles. The predicted octanol–water partition coefficient (Wildman–Crippen LogP) is -1.91. The molecule has 39 heavy (non-hydrogen) atoms. The first kappa shape index (κ1) is 32.5. The number of amides is 4. The van der Waals surface area contributed by atoms with E-state index in [1.165, 1.54) is 0 Å². The minimum Gasteiger partial charge on any atom is -0.481 e. The van der Waals surface area contributed by atoms with Crippen molar-refractivity contribution in [3.8, 4) is 0 Å². The molecule has 214 valence electrons. The van der Waals surface area contributed by atoms with E-state index >= 15 is 0 Å². The minimum atomic E-state index is -1.61. The lowest BCUT2D eigenvalue weighted by Gasteiger charge is -2.25. The fourth-order valence-electron chi connectivity index (χ4n) is 3.37. The van der Waals surface area contributed by atoms with Gasteiger partial charge in [0, 0.05) is 25.7 Å². The third-order valence-electron chi connectivity index (χ3n) is 5.50. The van der Waals surface area contributed by atoms with Gasteiger partial charge in [0.25, 0.3) is 0 Å². The molecule has 0 bridgehead atoms. The molecule has 0 saturated heterocycles. The van der Waals surface area contributed by atoms with Gasteiger partial charge in [-0.25, -0.2) is 4.79 Å². The maximum Gasteiger partial charge on any atom is 0.326 e. The van der Waals surface area contributed by atoms with Gasteiger partial charge < -0.3 is 42.7 Å². The summed E-state index contributed by atoms with van der Waals surface area (Å²) in [6, 6.07) is 2.85. The van der Waals surface area contributed by atoms with E-state index in [-0.39, 0.29) is 19.3 Å². The number of carbonyl (C=O) groups is 7. The summed E-state index contributed by atoms with van der Waals surface area (Å²) in [5.74, 6) is -7.50. The Kier molecular flexibility index (Phi) is 13.6. The Morgan fingerprint density at radius 1 is 0.667 bits per heavy atom. The second-order valence-corrected chi connectivity index (χ2v) is 8.69. The maximum atomic E-state index is 13.2. The lowest BCUT2D eigenvalue weighted by Crippen LogP contribution is -2.57. The summed E-state index contributed by atoms with van der Waals surface area (Å²) in [5.41, 5.74) is 11.5. The molecule has 10 N–H and O–H groups in total. The average molecular weight is 552 g/mol. The van der Waals surface area contributed by atoms with Gasteiger partial charge in [-0.1, -0.05) is 30.3 Å². The molecule has 1 aromatic rings. The lowest BCUT2D eigenvalue weighted by atomic mass is 10.0. The van der Waals surface area contributed by atoms with E-state index in [0.717, 1.165) is 0 Å². The molecule has 0 radical (unpaired) electrons. The molecular weight excluding hydrogens is 518 g/mol. The number of benzene rings is 1. The first-order valence-corrected chi connectivity index (χ1v) is 12.0. The number of nitrogens with two attached hydrogens (primary N) is 2. The topological polar surface area (TPSA) is 268 Å². The number of primary amides is 1. The van der Waals surface area contributed by atoms with E-state index in [0.29, 0.717) is 5.56 Å². The molecule has 4 atom stereocenters. The zero-order chi connectivity index (χ0) is 29.5. The van der Waals surface area contributed by atoms with Crippen LogP contribution in [0.2, 0.25) is 0 Å². The van der Waals surface area contributed by atoms with Crippen LogP contribution >= 0.6 is 0 Å². The summed E-state index contributed by atoms with van der Waals surface area (Å²) in [6.07, 6.45) is -2.33. The monoisotopic (exact) mass is 551 g/mol. The molecule has 1 rings (SSSR count). The van der Waals surface area contributed by atoms with Gasteiger partial charge >= 0.3 is 17.9 Å². The quantitative estimate of drug-likeness (QED) is 0.0997. The highest BCUT2D eigenvalue weighted by Crippen LogP contribution is 2.08. The summed E-state index contributed by atoms with van der Waals surface area (Å²) < 4.78 is 0. The molecule has 15 heteroatoms. The highest BCUT2D eigenvalue weighted by atomic mass is 16.4. The van der Waals surface area contributed by atoms with E-state index in [1.807, 2.05) is 0 Å². The van der Waals surface area contributed by atoms with E-state index < -0.39 is 91.4 Å². The van der Waals surface area contributed by atoms with Crippen LogP contribution in [0.15, 0.2) is 30.3 Å². The highest BCUT2D eigenvalue weighted by molar-refractivity contribution is 5.94. The molecule has 0 fully saturated rings. The van der Waals surface area contributed by atoms with Gasteiger partial charge in [0.15, 0.2) is 0 Å². The summed E-state index contributed by atoms with van der Waals surface area (Å²) in [4.78, 5) is 83.0. The molecule has 4 unspecified atom stereocenters. The molecule has 0 aliphatic carbocycles. The van der Waals surface area contributed by atoms with Gasteiger partial charge in [-0.3, -0.25) is 28.8 Å².